The molecule has 0 saturated heterocycles. The SMILES string of the molecule is CC[C@H](C)NC(=O)[C@@H](Cc1ccccc1)N(Cc1ccccc1Cl)C(=O)CN(c1ccc(C)cc1)S(=O)(=O)c1ccccc1. The average molecular weight is 632 g/mol. The Bertz CT molecular complexity index is 1650. The molecule has 0 aliphatic carbocycles. The summed E-state index contributed by atoms with van der Waals surface area (Å²) in [5.74, 6) is -0.860. The van der Waals surface area contributed by atoms with Gasteiger partial charge in [0.25, 0.3) is 10.0 Å². The van der Waals surface area contributed by atoms with Gasteiger partial charge in [-0.3, -0.25) is 13.9 Å². The molecule has 0 aliphatic rings. The number of nitrogens with one attached hydrogen (secondary N) is 1. The largest absolute Gasteiger partial charge is 0.352 e. The molecule has 0 unspecified atom stereocenters. The van der Waals surface area contributed by atoms with Crippen molar-refractivity contribution in [2.45, 2.75) is 57.1 Å². The highest BCUT2D eigenvalue weighted by Gasteiger charge is 2.35. The smallest absolute Gasteiger partial charge is 0.264 e. The fraction of sp³-hybridized carbons (Fsp3) is 0.257. The number of anilines is 1. The lowest BCUT2D eigenvalue weighted by Crippen LogP contribution is -2.54. The van der Waals surface area contributed by atoms with Gasteiger partial charge < -0.3 is 10.2 Å². The van der Waals surface area contributed by atoms with Gasteiger partial charge >= 0.3 is 0 Å². The second kappa shape index (κ2) is 15.0. The van der Waals surface area contributed by atoms with Gasteiger partial charge in [-0.05, 0) is 61.7 Å². The Balaban J connectivity index is 1.80. The van der Waals surface area contributed by atoms with E-state index in [1.165, 1.54) is 17.0 Å². The van der Waals surface area contributed by atoms with Crippen LogP contribution < -0.4 is 9.62 Å². The Morgan fingerprint density at radius 2 is 1.43 bits per heavy atom. The zero-order chi connectivity index (χ0) is 31.7. The maximum atomic E-state index is 14.5. The first-order valence-electron chi connectivity index (χ1n) is 14.6. The Morgan fingerprint density at radius 3 is 2.05 bits per heavy atom. The summed E-state index contributed by atoms with van der Waals surface area (Å²) in [6.07, 6.45) is 0.939. The molecular weight excluding hydrogens is 594 g/mol. The molecule has 0 radical (unpaired) electrons. The van der Waals surface area contributed by atoms with Crippen molar-refractivity contribution in [1.29, 1.82) is 0 Å². The lowest BCUT2D eigenvalue weighted by Gasteiger charge is -2.34. The minimum atomic E-state index is -4.15. The van der Waals surface area contributed by atoms with Crippen LogP contribution in [0.3, 0.4) is 0 Å². The van der Waals surface area contributed by atoms with Gasteiger partial charge in [-0.25, -0.2) is 8.42 Å². The van der Waals surface area contributed by atoms with E-state index in [0.717, 1.165) is 15.4 Å². The van der Waals surface area contributed by atoms with E-state index in [-0.39, 0.29) is 29.8 Å². The number of rotatable bonds is 13. The van der Waals surface area contributed by atoms with Crippen LogP contribution in [0.25, 0.3) is 0 Å². The molecule has 44 heavy (non-hydrogen) atoms. The van der Waals surface area contributed by atoms with Crippen LogP contribution >= 0.6 is 11.6 Å². The van der Waals surface area contributed by atoms with Crippen LogP contribution in [0.2, 0.25) is 5.02 Å². The molecule has 0 aliphatic heterocycles. The Hall–Kier alpha value is -4.14. The molecule has 2 amide bonds. The van der Waals surface area contributed by atoms with E-state index < -0.39 is 28.5 Å². The molecule has 4 aromatic carbocycles. The third-order valence-corrected chi connectivity index (χ3v) is 9.66. The Morgan fingerprint density at radius 1 is 0.841 bits per heavy atom. The molecule has 0 spiro atoms. The molecule has 0 bridgehead atoms. The van der Waals surface area contributed by atoms with Crippen molar-refractivity contribution < 1.29 is 18.0 Å². The molecule has 9 heteroatoms. The van der Waals surface area contributed by atoms with Gasteiger partial charge in [0.2, 0.25) is 11.8 Å². The number of hydrogen-bond donors (Lipinski definition) is 1. The normalized spacial score (nSPS) is 12.6. The zero-order valence-corrected chi connectivity index (χ0v) is 26.8. The van der Waals surface area contributed by atoms with E-state index in [2.05, 4.69) is 5.32 Å². The van der Waals surface area contributed by atoms with Crippen molar-refractivity contribution in [3.8, 4) is 0 Å². The second-order valence-corrected chi connectivity index (χ2v) is 13.1. The van der Waals surface area contributed by atoms with E-state index in [1.54, 1.807) is 60.7 Å². The van der Waals surface area contributed by atoms with Crippen molar-refractivity contribution in [2.75, 3.05) is 10.8 Å². The number of aryl methyl sites for hydroxylation is 1. The second-order valence-electron chi connectivity index (χ2n) is 10.8. The number of sulfonamides is 1. The fourth-order valence-corrected chi connectivity index (χ4v) is 6.40. The van der Waals surface area contributed by atoms with E-state index in [4.69, 9.17) is 11.6 Å². The summed E-state index contributed by atoms with van der Waals surface area (Å²) in [6.45, 7) is 5.27. The maximum absolute atomic E-state index is 14.5. The number of nitrogens with zero attached hydrogens (tertiary/aromatic N) is 2. The molecule has 7 nitrogen and oxygen atoms in total. The zero-order valence-electron chi connectivity index (χ0n) is 25.2. The highest BCUT2D eigenvalue weighted by atomic mass is 35.5. The van der Waals surface area contributed by atoms with Crippen molar-refractivity contribution in [3.05, 3.63) is 131 Å². The Labute approximate surface area is 265 Å². The van der Waals surface area contributed by atoms with Crippen LogP contribution in [0.4, 0.5) is 5.69 Å². The summed E-state index contributed by atoms with van der Waals surface area (Å²) in [6, 6.07) is 30.5. The summed E-state index contributed by atoms with van der Waals surface area (Å²) >= 11 is 6.55. The first kappa shape index (κ1) is 32.8. The summed E-state index contributed by atoms with van der Waals surface area (Å²) in [5, 5.41) is 3.48. The lowest BCUT2D eigenvalue weighted by atomic mass is 10.0. The van der Waals surface area contributed by atoms with Crippen LogP contribution in [0.1, 0.15) is 37.0 Å². The fourth-order valence-electron chi connectivity index (χ4n) is 4.76. The molecule has 4 rings (SSSR count). The van der Waals surface area contributed by atoms with Crippen LogP contribution in [-0.2, 0) is 32.6 Å². The maximum Gasteiger partial charge on any atom is 0.264 e. The van der Waals surface area contributed by atoms with Gasteiger partial charge in [0.15, 0.2) is 0 Å². The molecule has 0 saturated carbocycles. The van der Waals surface area contributed by atoms with Crippen LogP contribution in [0.5, 0.6) is 0 Å². The third kappa shape index (κ3) is 8.27. The average Bonchev–Trinajstić information content (AvgIpc) is 3.03. The van der Waals surface area contributed by atoms with E-state index in [1.807, 2.05) is 57.2 Å². The summed E-state index contributed by atoms with van der Waals surface area (Å²) in [4.78, 5) is 29.9. The lowest BCUT2D eigenvalue weighted by molar-refractivity contribution is -0.140. The quantitative estimate of drug-likeness (QED) is 0.185. The number of carbonyl (C=O) groups is 2. The number of halogens is 1. The predicted molar refractivity (Wildman–Crippen MR) is 176 cm³/mol. The summed E-state index contributed by atoms with van der Waals surface area (Å²) in [5.41, 5.74) is 2.79. The van der Waals surface area contributed by atoms with Crippen molar-refractivity contribution in [1.82, 2.24) is 10.2 Å². The van der Waals surface area contributed by atoms with Gasteiger partial charge in [0, 0.05) is 24.0 Å². The molecule has 4 aromatic rings. The van der Waals surface area contributed by atoms with Gasteiger partial charge in [-0.15, -0.1) is 0 Å². The number of benzene rings is 4. The van der Waals surface area contributed by atoms with Crippen molar-refractivity contribution in [3.63, 3.8) is 0 Å². The number of amides is 2. The number of hydrogen-bond acceptors (Lipinski definition) is 4. The van der Waals surface area contributed by atoms with Crippen LogP contribution in [0.15, 0.2) is 114 Å². The van der Waals surface area contributed by atoms with E-state index in [9.17, 15) is 18.0 Å². The highest BCUT2D eigenvalue weighted by Crippen LogP contribution is 2.26. The summed E-state index contributed by atoms with van der Waals surface area (Å²) < 4.78 is 29.2. The topological polar surface area (TPSA) is 86.8 Å². The minimum absolute atomic E-state index is 0.0110. The van der Waals surface area contributed by atoms with E-state index in [0.29, 0.717) is 22.7 Å². The standard InChI is InChI=1S/C35H38ClN3O4S/c1-4-27(3)37-35(41)33(23-28-13-7-5-8-14-28)38(24-29-15-11-12-18-32(29)36)34(40)25-39(30-21-19-26(2)20-22-30)44(42,43)31-16-9-6-10-17-31/h5-22,27,33H,4,23-25H2,1-3H3,(H,37,41)/t27-,33+/m0/s1. The van der Waals surface area contributed by atoms with Gasteiger partial charge in [-0.1, -0.05) is 103 Å². The molecule has 0 heterocycles. The molecule has 230 valence electrons. The molecule has 1 N–H and O–H groups in total. The summed E-state index contributed by atoms with van der Waals surface area (Å²) in [7, 11) is -4.15. The van der Waals surface area contributed by atoms with Crippen LogP contribution in [-0.4, -0.2) is 43.8 Å². The van der Waals surface area contributed by atoms with Crippen LogP contribution in [0, 0.1) is 6.92 Å². The monoisotopic (exact) mass is 631 g/mol. The van der Waals surface area contributed by atoms with E-state index >= 15 is 0 Å². The van der Waals surface area contributed by atoms with Gasteiger partial charge in [0.1, 0.15) is 12.6 Å². The van der Waals surface area contributed by atoms with Gasteiger partial charge in [-0.2, -0.15) is 0 Å². The molecular formula is C35H38ClN3O4S. The van der Waals surface area contributed by atoms with Crippen molar-refractivity contribution >= 4 is 39.1 Å². The Kier molecular flexibility index (Phi) is 11.2. The first-order valence-corrected chi connectivity index (χ1v) is 16.4. The highest BCUT2D eigenvalue weighted by molar-refractivity contribution is 7.92. The minimum Gasteiger partial charge on any atom is -0.352 e. The molecule has 0 aromatic heterocycles. The molecule has 2 atom stereocenters. The number of carbonyl (C=O) groups excluding carboxylic acids is 2. The molecule has 0 fully saturated rings. The van der Waals surface area contributed by atoms with Crippen molar-refractivity contribution in [2.24, 2.45) is 0 Å². The first-order chi connectivity index (χ1) is 21.1. The van der Waals surface area contributed by atoms with Gasteiger partial charge in [0.05, 0.1) is 10.6 Å². The predicted octanol–water partition coefficient (Wildman–Crippen LogP) is 6.40. The third-order valence-electron chi connectivity index (χ3n) is 7.50.